The Kier molecular flexibility index (Phi) is 5.50. The van der Waals surface area contributed by atoms with E-state index in [4.69, 9.17) is 11.6 Å². The van der Waals surface area contributed by atoms with E-state index in [0.29, 0.717) is 5.82 Å². The first kappa shape index (κ1) is 24.4. The lowest BCUT2D eigenvalue weighted by Gasteiger charge is -2.53. The molecule has 2 aromatic carbocycles. The van der Waals surface area contributed by atoms with E-state index in [2.05, 4.69) is 15.3 Å². The fraction of sp³-hybridized carbons (Fsp3) is 0.391. The van der Waals surface area contributed by atoms with Crippen LogP contribution >= 0.6 is 11.6 Å². The Morgan fingerprint density at radius 2 is 1.82 bits per heavy atom. The van der Waals surface area contributed by atoms with E-state index in [-0.39, 0.29) is 32.7 Å². The maximum Gasteiger partial charge on any atom is 0.420 e. The first-order chi connectivity index (χ1) is 15.6. The van der Waals surface area contributed by atoms with Gasteiger partial charge in [-0.2, -0.15) is 13.2 Å². The third-order valence-electron chi connectivity index (χ3n) is 6.46. The molecule has 2 atom stereocenters. The summed E-state index contributed by atoms with van der Waals surface area (Å²) in [5.41, 5.74) is -8.15. The van der Waals surface area contributed by atoms with Crippen molar-refractivity contribution in [3.05, 3.63) is 58.3 Å². The van der Waals surface area contributed by atoms with Crippen LogP contribution in [0, 0.1) is 12.7 Å². The predicted octanol–water partition coefficient (Wildman–Crippen LogP) is 4.71. The van der Waals surface area contributed by atoms with E-state index in [1.165, 1.54) is 26.1 Å². The third kappa shape index (κ3) is 3.47. The van der Waals surface area contributed by atoms with Gasteiger partial charge >= 0.3 is 6.18 Å². The summed E-state index contributed by atoms with van der Waals surface area (Å²) in [6.45, 7) is 3.56. The fourth-order valence-corrected chi connectivity index (χ4v) is 4.98. The molecule has 2 unspecified atom stereocenters. The standard InChI is InChI=1S/C23H22ClF4N3O3/c1-11-29-8-12-16(7-6-15(25)18(12)31-11)30-10-21(33)13-4-5-14(24)19(32)17(13)20(2,3)9-22(21,34)23(26,27)28/h4-8,30,32-34H,9-10H2,1-3H3. The summed E-state index contributed by atoms with van der Waals surface area (Å²) in [7, 11) is 0. The highest BCUT2D eigenvalue weighted by Gasteiger charge is 2.71. The van der Waals surface area contributed by atoms with Crippen molar-refractivity contribution in [1.29, 1.82) is 0 Å². The van der Waals surface area contributed by atoms with Crippen molar-refractivity contribution in [3.63, 3.8) is 0 Å². The van der Waals surface area contributed by atoms with Crippen molar-refractivity contribution >= 4 is 28.2 Å². The number of hydrogen-bond donors (Lipinski definition) is 4. The van der Waals surface area contributed by atoms with Crippen LogP contribution < -0.4 is 5.32 Å². The van der Waals surface area contributed by atoms with Gasteiger partial charge in [-0.25, -0.2) is 14.4 Å². The Labute approximate surface area is 197 Å². The number of anilines is 1. The zero-order valence-electron chi connectivity index (χ0n) is 18.4. The molecule has 1 aromatic heterocycles. The van der Waals surface area contributed by atoms with E-state index >= 15 is 0 Å². The normalized spacial score (nSPS) is 24.2. The van der Waals surface area contributed by atoms with E-state index in [1.54, 1.807) is 6.92 Å². The van der Waals surface area contributed by atoms with Gasteiger partial charge in [-0.3, -0.25) is 0 Å². The summed E-state index contributed by atoms with van der Waals surface area (Å²) in [5.74, 6) is -0.826. The second-order valence-corrected chi connectivity index (χ2v) is 9.63. The van der Waals surface area contributed by atoms with Crippen molar-refractivity contribution in [2.24, 2.45) is 0 Å². The van der Waals surface area contributed by atoms with Gasteiger partial charge in [0.25, 0.3) is 0 Å². The van der Waals surface area contributed by atoms with Crippen LogP contribution in [0.25, 0.3) is 10.9 Å². The van der Waals surface area contributed by atoms with Crippen LogP contribution in [-0.2, 0) is 11.0 Å². The van der Waals surface area contributed by atoms with Crippen molar-refractivity contribution in [2.45, 2.75) is 50.0 Å². The highest BCUT2D eigenvalue weighted by molar-refractivity contribution is 6.32. The van der Waals surface area contributed by atoms with Crippen molar-refractivity contribution in [3.8, 4) is 5.75 Å². The van der Waals surface area contributed by atoms with Crippen molar-refractivity contribution in [1.82, 2.24) is 9.97 Å². The van der Waals surface area contributed by atoms with Gasteiger partial charge in [-0.1, -0.05) is 31.5 Å². The second-order valence-electron chi connectivity index (χ2n) is 9.23. The van der Waals surface area contributed by atoms with Crippen LogP contribution in [0.4, 0.5) is 23.2 Å². The van der Waals surface area contributed by atoms with Crippen LogP contribution in [0.5, 0.6) is 5.75 Å². The van der Waals surface area contributed by atoms with Crippen LogP contribution in [0.3, 0.4) is 0 Å². The van der Waals surface area contributed by atoms with Gasteiger partial charge in [0.1, 0.15) is 28.5 Å². The number of aryl methyl sites for hydroxylation is 1. The number of fused-ring (bicyclic) bond motifs is 2. The maximum absolute atomic E-state index is 14.3. The van der Waals surface area contributed by atoms with E-state index in [1.807, 2.05) is 0 Å². The highest BCUT2D eigenvalue weighted by atomic mass is 35.5. The lowest BCUT2D eigenvalue weighted by molar-refractivity contribution is -0.330. The summed E-state index contributed by atoms with van der Waals surface area (Å²) < 4.78 is 57.2. The topological polar surface area (TPSA) is 98.5 Å². The van der Waals surface area contributed by atoms with Gasteiger partial charge < -0.3 is 20.6 Å². The molecule has 0 amide bonds. The lowest BCUT2D eigenvalue weighted by atomic mass is 9.58. The smallest absolute Gasteiger partial charge is 0.420 e. The maximum atomic E-state index is 14.3. The number of hydrogen-bond acceptors (Lipinski definition) is 6. The average Bonchev–Trinajstić information content (AvgIpc) is 2.73. The molecule has 6 nitrogen and oxygen atoms in total. The molecule has 0 bridgehead atoms. The summed E-state index contributed by atoms with van der Waals surface area (Å²) in [5, 5.41) is 36.0. The van der Waals surface area contributed by atoms with Gasteiger partial charge in [0.15, 0.2) is 5.60 Å². The molecule has 4 N–H and O–H groups in total. The first-order valence-electron chi connectivity index (χ1n) is 10.3. The van der Waals surface area contributed by atoms with E-state index in [0.717, 1.165) is 18.2 Å². The van der Waals surface area contributed by atoms with Gasteiger partial charge in [-0.15, -0.1) is 0 Å². The quantitative estimate of drug-likeness (QED) is 0.390. The lowest BCUT2D eigenvalue weighted by Crippen LogP contribution is -2.68. The van der Waals surface area contributed by atoms with Crippen LogP contribution in [0.15, 0.2) is 30.5 Å². The summed E-state index contributed by atoms with van der Waals surface area (Å²) >= 11 is 6.01. The Bertz CT molecular complexity index is 1300. The summed E-state index contributed by atoms with van der Waals surface area (Å²) in [6.07, 6.45) is -4.87. The molecule has 34 heavy (non-hydrogen) atoms. The Balaban J connectivity index is 1.89. The molecule has 11 heteroatoms. The first-order valence-corrected chi connectivity index (χ1v) is 10.7. The third-order valence-corrected chi connectivity index (χ3v) is 6.76. The van der Waals surface area contributed by atoms with Crippen LogP contribution in [-0.4, -0.2) is 43.6 Å². The highest BCUT2D eigenvalue weighted by Crippen LogP contribution is 2.58. The minimum Gasteiger partial charge on any atom is -0.506 e. The number of halogens is 5. The van der Waals surface area contributed by atoms with Gasteiger partial charge in [0.05, 0.1) is 11.6 Å². The largest absolute Gasteiger partial charge is 0.506 e. The second kappa shape index (κ2) is 7.66. The Hall–Kier alpha value is -2.69. The molecule has 0 saturated heterocycles. The predicted molar refractivity (Wildman–Crippen MR) is 118 cm³/mol. The minimum absolute atomic E-state index is 0.00106. The number of benzene rings is 2. The molecule has 0 fully saturated rings. The molecule has 182 valence electrons. The zero-order chi connectivity index (χ0) is 25.3. The molecule has 0 saturated carbocycles. The molecular formula is C23H22ClF4N3O3. The molecule has 0 radical (unpaired) electrons. The van der Waals surface area contributed by atoms with Crippen molar-refractivity contribution < 1.29 is 32.9 Å². The molecule has 0 spiro atoms. The molecule has 1 heterocycles. The number of phenolic OH excluding ortho intramolecular Hbond substituents is 1. The van der Waals surface area contributed by atoms with E-state index in [9.17, 15) is 32.9 Å². The zero-order valence-corrected chi connectivity index (χ0v) is 19.2. The Morgan fingerprint density at radius 3 is 2.47 bits per heavy atom. The van der Waals surface area contributed by atoms with Gasteiger partial charge in [0.2, 0.25) is 0 Å². The number of aromatic hydroxyl groups is 1. The number of rotatable bonds is 3. The molecular weight excluding hydrogens is 478 g/mol. The number of nitrogens with one attached hydrogen (secondary N) is 1. The number of phenols is 1. The molecule has 4 rings (SSSR count). The summed E-state index contributed by atoms with van der Waals surface area (Å²) in [6, 6.07) is 4.68. The molecule has 3 aromatic rings. The average molecular weight is 500 g/mol. The van der Waals surface area contributed by atoms with Gasteiger partial charge in [-0.05, 0) is 42.5 Å². The summed E-state index contributed by atoms with van der Waals surface area (Å²) in [4.78, 5) is 8.03. The number of aliphatic hydroxyl groups is 2. The minimum atomic E-state index is -5.24. The van der Waals surface area contributed by atoms with Gasteiger partial charge in [0, 0.05) is 22.8 Å². The molecule has 1 aliphatic rings. The van der Waals surface area contributed by atoms with E-state index < -0.39 is 47.3 Å². The fourth-order valence-electron chi connectivity index (χ4n) is 4.82. The molecule has 0 aliphatic heterocycles. The number of aromatic nitrogens is 2. The SMILES string of the molecule is Cc1ncc2c(NCC3(O)c4ccc(Cl)c(O)c4C(C)(C)CC3(O)C(F)(F)F)ccc(F)c2n1. The van der Waals surface area contributed by atoms with Crippen LogP contribution in [0.1, 0.15) is 37.2 Å². The monoisotopic (exact) mass is 499 g/mol. The van der Waals surface area contributed by atoms with Crippen molar-refractivity contribution in [2.75, 3.05) is 11.9 Å². The number of alkyl halides is 3. The molecule has 1 aliphatic carbocycles. The number of nitrogens with zero attached hydrogens (tertiary/aromatic N) is 2. The van der Waals surface area contributed by atoms with Crippen LogP contribution in [0.2, 0.25) is 5.02 Å². The Morgan fingerprint density at radius 1 is 1.15 bits per heavy atom.